The van der Waals surface area contributed by atoms with Crippen LogP contribution in [0.2, 0.25) is 0 Å². The fourth-order valence-corrected chi connectivity index (χ4v) is 2.16. The van der Waals surface area contributed by atoms with E-state index in [0.717, 1.165) is 12.1 Å². The Bertz CT molecular complexity index is 674. The van der Waals surface area contributed by atoms with E-state index in [0.29, 0.717) is 16.5 Å². The molecule has 0 fully saturated rings. The molecule has 0 radical (unpaired) electrons. The van der Waals surface area contributed by atoms with Crippen LogP contribution in [0.5, 0.6) is 5.75 Å². The van der Waals surface area contributed by atoms with Gasteiger partial charge in [0.2, 0.25) is 0 Å². The molecule has 0 aliphatic rings. The molecule has 0 aliphatic carbocycles. The van der Waals surface area contributed by atoms with Crippen LogP contribution in [0.25, 0.3) is 0 Å². The molecule has 0 spiro atoms. The van der Waals surface area contributed by atoms with Gasteiger partial charge in [-0.3, -0.25) is 4.79 Å². The summed E-state index contributed by atoms with van der Waals surface area (Å²) < 4.78 is 5.57. The zero-order valence-electron chi connectivity index (χ0n) is 13.2. The molecule has 0 bridgehead atoms. The summed E-state index contributed by atoms with van der Waals surface area (Å²) in [5.74, 6) is 0.342. The number of para-hydroxylation sites is 1. The largest absolute Gasteiger partial charge is 0.432 e. The zero-order chi connectivity index (χ0) is 16.7. The van der Waals surface area contributed by atoms with Gasteiger partial charge in [0.05, 0.1) is 0 Å². The Kier molecular flexibility index (Phi) is 6.11. The molecule has 2 aromatic rings. The fraction of sp³-hybridized carbons (Fsp3) is 0.222. The molecule has 0 heterocycles. The number of rotatable bonds is 5. The van der Waals surface area contributed by atoms with Crippen LogP contribution in [0.3, 0.4) is 0 Å². The summed E-state index contributed by atoms with van der Waals surface area (Å²) in [5.41, 5.74) is 1.26. The highest BCUT2D eigenvalue weighted by molar-refractivity contribution is 7.80. The summed E-state index contributed by atoms with van der Waals surface area (Å²) in [6, 6.07) is 16.5. The first-order valence-electron chi connectivity index (χ1n) is 7.53. The molecule has 5 heteroatoms. The first kappa shape index (κ1) is 17.0. The lowest BCUT2D eigenvalue weighted by Crippen LogP contribution is -2.34. The van der Waals surface area contributed by atoms with E-state index in [4.69, 9.17) is 17.0 Å². The number of nitrogens with one attached hydrogen (secondary N) is 2. The quantitative estimate of drug-likeness (QED) is 0.815. The van der Waals surface area contributed by atoms with Gasteiger partial charge >= 0.3 is 0 Å². The van der Waals surface area contributed by atoms with Gasteiger partial charge < -0.3 is 15.4 Å². The molecule has 23 heavy (non-hydrogen) atoms. The van der Waals surface area contributed by atoms with Crippen molar-refractivity contribution in [1.82, 2.24) is 5.32 Å². The zero-order valence-corrected chi connectivity index (χ0v) is 14.0. The lowest BCUT2D eigenvalue weighted by molar-refractivity contribution is 0.102. The van der Waals surface area contributed by atoms with E-state index in [2.05, 4.69) is 17.6 Å². The van der Waals surface area contributed by atoms with E-state index in [9.17, 15) is 4.79 Å². The predicted molar refractivity (Wildman–Crippen MR) is 97.0 cm³/mol. The fourth-order valence-electron chi connectivity index (χ4n) is 1.87. The smallest absolute Gasteiger partial charge is 0.262 e. The van der Waals surface area contributed by atoms with Crippen LogP contribution in [0.4, 0.5) is 5.69 Å². The molecule has 0 unspecified atom stereocenters. The highest BCUT2D eigenvalue weighted by Gasteiger charge is 2.09. The van der Waals surface area contributed by atoms with E-state index >= 15 is 0 Å². The maximum absolute atomic E-state index is 12.3. The molecular formula is C18H20N2O2S. The number of thiocarbonyl (C=S) groups is 1. The van der Waals surface area contributed by atoms with Gasteiger partial charge in [0.15, 0.2) is 0 Å². The molecule has 1 atom stereocenters. The minimum absolute atomic E-state index is 0.192. The Balaban J connectivity index is 2.01. The van der Waals surface area contributed by atoms with Gasteiger partial charge in [0.1, 0.15) is 5.75 Å². The summed E-state index contributed by atoms with van der Waals surface area (Å²) in [6.07, 6.45) is 0.947. The number of hydrogen-bond donors (Lipinski definition) is 2. The van der Waals surface area contributed by atoms with Crippen molar-refractivity contribution in [1.29, 1.82) is 0 Å². The van der Waals surface area contributed by atoms with Crippen LogP contribution in [0.1, 0.15) is 30.6 Å². The van der Waals surface area contributed by atoms with Crippen LogP contribution < -0.4 is 15.4 Å². The van der Waals surface area contributed by atoms with Crippen molar-refractivity contribution < 1.29 is 9.53 Å². The Morgan fingerprint density at radius 3 is 2.61 bits per heavy atom. The van der Waals surface area contributed by atoms with E-state index in [1.54, 1.807) is 24.3 Å². The van der Waals surface area contributed by atoms with Gasteiger partial charge in [0, 0.05) is 17.3 Å². The van der Waals surface area contributed by atoms with E-state index < -0.39 is 0 Å². The number of anilines is 1. The molecule has 120 valence electrons. The van der Waals surface area contributed by atoms with Crippen molar-refractivity contribution in [3.63, 3.8) is 0 Å². The van der Waals surface area contributed by atoms with Crippen LogP contribution in [-0.2, 0) is 0 Å². The van der Waals surface area contributed by atoms with Gasteiger partial charge in [-0.05, 0) is 55.9 Å². The van der Waals surface area contributed by atoms with Gasteiger partial charge in [0.25, 0.3) is 11.1 Å². The van der Waals surface area contributed by atoms with E-state index in [1.807, 2.05) is 37.3 Å². The number of amides is 1. The van der Waals surface area contributed by atoms with Crippen molar-refractivity contribution in [2.24, 2.45) is 0 Å². The number of carbonyl (C=O) groups is 1. The maximum Gasteiger partial charge on any atom is 0.262 e. The second kappa shape index (κ2) is 8.29. The van der Waals surface area contributed by atoms with Crippen molar-refractivity contribution in [2.45, 2.75) is 26.3 Å². The average molecular weight is 328 g/mol. The summed E-state index contributed by atoms with van der Waals surface area (Å²) in [5, 5.41) is 6.22. The van der Waals surface area contributed by atoms with E-state index in [-0.39, 0.29) is 11.9 Å². The summed E-state index contributed by atoms with van der Waals surface area (Å²) in [4.78, 5) is 12.3. The van der Waals surface area contributed by atoms with Gasteiger partial charge in [-0.2, -0.15) is 0 Å². The molecule has 2 aromatic carbocycles. The number of hydrogen-bond acceptors (Lipinski definition) is 3. The lowest BCUT2D eigenvalue weighted by Gasteiger charge is -2.14. The minimum atomic E-state index is -0.192. The Labute approximate surface area is 141 Å². The molecule has 1 amide bonds. The van der Waals surface area contributed by atoms with Gasteiger partial charge in [-0.15, -0.1) is 0 Å². The summed E-state index contributed by atoms with van der Waals surface area (Å²) in [6.45, 7) is 4.09. The summed E-state index contributed by atoms with van der Waals surface area (Å²) in [7, 11) is 0. The van der Waals surface area contributed by atoms with Crippen LogP contribution >= 0.6 is 12.2 Å². The molecule has 0 aromatic heterocycles. The lowest BCUT2D eigenvalue weighted by atomic mass is 10.2. The third-order valence-corrected chi connectivity index (χ3v) is 3.52. The monoisotopic (exact) mass is 328 g/mol. The normalized spacial score (nSPS) is 11.4. The summed E-state index contributed by atoms with van der Waals surface area (Å²) >= 11 is 5.16. The first-order chi connectivity index (χ1) is 11.1. The molecule has 4 nitrogen and oxygen atoms in total. The Hall–Kier alpha value is -2.40. The average Bonchev–Trinajstić information content (AvgIpc) is 2.55. The van der Waals surface area contributed by atoms with Crippen LogP contribution in [-0.4, -0.2) is 17.1 Å². The molecule has 0 aliphatic heterocycles. The SMILES string of the molecule is CC[C@@H](C)NC(=S)Oc1cccc(C(=O)Nc2ccccc2)c1. The molecule has 2 N–H and O–H groups in total. The second-order valence-corrected chi connectivity index (χ2v) is 5.56. The van der Waals surface area contributed by atoms with E-state index in [1.165, 1.54) is 0 Å². The molecule has 0 saturated heterocycles. The number of benzene rings is 2. The van der Waals surface area contributed by atoms with Crippen LogP contribution in [0.15, 0.2) is 54.6 Å². The highest BCUT2D eigenvalue weighted by Crippen LogP contribution is 2.15. The van der Waals surface area contributed by atoms with Crippen molar-refractivity contribution in [3.05, 3.63) is 60.2 Å². The number of carbonyl (C=O) groups excluding carboxylic acids is 1. The minimum Gasteiger partial charge on any atom is -0.432 e. The first-order valence-corrected chi connectivity index (χ1v) is 7.94. The van der Waals surface area contributed by atoms with Gasteiger partial charge in [-0.1, -0.05) is 31.2 Å². The molecule has 2 rings (SSSR count). The molecular weight excluding hydrogens is 308 g/mol. The maximum atomic E-state index is 12.3. The standard InChI is InChI=1S/C18H20N2O2S/c1-3-13(2)19-18(23)22-16-11-7-8-14(12-16)17(21)20-15-9-5-4-6-10-15/h4-13H,3H2,1-2H3,(H,19,23)(H,20,21)/t13-/m1/s1. The Morgan fingerprint density at radius 1 is 1.17 bits per heavy atom. The second-order valence-electron chi connectivity index (χ2n) is 5.19. The Morgan fingerprint density at radius 2 is 1.91 bits per heavy atom. The van der Waals surface area contributed by atoms with Crippen molar-refractivity contribution in [3.8, 4) is 5.75 Å². The van der Waals surface area contributed by atoms with Crippen molar-refractivity contribution in [2.75, 3.05) is 5.32 Å². The molecule has 0 saturated carbocycles. The van der Waals surface area contributed by atoms with Crippen molar-refractivity contribution >= 4 is 29.0 Å². The third-order valence-electron chi connectivity index (χ3n) is 3.32. The van der Waals surface area contributed by atoms with Gasteiger partial charge in [-0.25, -0.2) is 0 Å². The highest BCUT2D eigenvalue weighted by atomic mass is 32.1. The van der Waals surface area contributed by atoms with Crippen LogP contribution in [0, 0.1) is 0 Å². The topological polar surface area (TPSA) is 50.4 Å². The number of ether oxygens (including phenoxy) is 1. The predicted octanol–water partition coefficient (Wildman–Crippen LogP) is 3.99. The third kappa shape index (κ3) is 5.38.